The highest BCUT2D eigenvalue weighted by Crippen LogP contribution is 2.15. The van der Waals surface area contributed by atoms with Crippen LogP contribution in [-0.4, -0.2) is 26.5 Å². The van der Waals surface area contributed by atoms with Crippen LogP contribution in [-0.2, 0) is 11.3 Å². The quantitative estimate of drug-likeness (QED) is 0.812. The zero-order valence-electron chi connectivity index (χ0n) is 9.30. The summed E-state index contributed by atoms with van der Waals surface area (Å²) < 4.78 is 0. The van der Waals surface area contributed by atoms with Gasteiger partial charge in [0.05, 0.1) is 6.54 Å². The second-order valence-electron chi connectivity index (χ2n) is 3.40. The maximum absolute atomic E-state index is 11.5. The highest BCUT2D eigenvalue weighted by Gasteiger charge is 2.00. The first-order valence-corrected chi connectivity index (χ1v) is 5.56. The summed E-state index contributed by atoms with van der Waals surface area (Å²) in [6.07, 6.45) is 3.05. The molecule has 0 fully saturated rings. The van der Waals surface area contributed by atoms with Crippen LogP contribution < -0.4 is 5.32 Å². The van der Waals surface area contributed by atoms with Crippen molar-refractivity contribution in [3.8, 4) is 0 Å². The van der Waals surface area contributed by atoms with Gasteiger partial charge in [-0.2, -0.15) is 5.21 Å². The lowest BCUT2D eigenvalue weighted by molar-refractivity contribution is -0.116. The number of tetrazole rings is 1. The molecule has 18 heavy (non-hydrogen) atoms. The Hall–Kier alpha value is -2.21. The molecule has 7 heteroatoms. The Morgan fingerprint density at radius 1 is 1.44 bits per heavy atom. The molecule has 0 saturated carbocycles. The second kappa shape index (κ2) is 5.92. The fourth-order valence-corrected chi connectivity index (χ4v) is 1.46. The first-order chi connectivity index (χ1) is 8.75. The van der Waals surface area contributed by atoms with Crippen LogP contribution in [0.25, 0.3) is 6.08 Å². The van der Waals surface area contributed by atoms with Crippen molar-refractivity contribution in [2.45, 2.75) is 6.54 Å². The van der Waals surface area contributed by atoms with Gasteiger partial charge < -0.3 is 5.32 Å². The third kappa shape index (κ3) is 3.39. The molecular weight excluding hydrogens is 254 g/mol. The summed E-state index contributed by atoms with van der Waals surface area (Å²) in [6, 6.07) is 7.27. The number of hydrogen-bond donors (Lipinski definition) is 2. The molecule has 0 atom stereocenters. The zero-order valence-corrected chi connectivity index (χ0v) is 10.1. The molecule has 6 nitrogen and oxygen atoms in total. The van der Waals surface area contributed by atoms with Crippen molar-refractivity contribution < 1.29 is 4.79 Å². The Labute approximate surface area is 108 Å². The van der Waals surface area contributed by atoms with Gasteiger partial charge >= 0.3 is 0 Å². The monoisotopic (exact) mass is 263 g/mol. The van der Waals surface area contributed by atoms with Gasteiger partial charge in [-0.1, -0.05) is 35.0 Å². The van der Waals surface area contributed by atoms with E-state index in [-0.39, 0.29) is 12.5 Å². The van der Waals surface area contributed by atoms with Crippen molar-refractivity contribution in [1.29, 1.82) is 0 Å². The Morgan fingerprint density at radius 2 is 2.28 bits per heavy atom. The van der Waals surface area contributed by atoms with Crippen LogP contribution in [0.4, 0.5) is 0 Å². The van der Waals surface area contributed by atoms with Crippen molar-refractivity contribution in [2.24, 2.45) is 0 Å². The van der Waals surface area contributed by atoms with Crippen molar-refractivity contribution in [3.05, 3.63) is 46.8 Å². The van der Waals surface area contributed by atoms with Crippen LogP contribution in [0.1, 0.15) is 11.4 Å². The molecule has 2 rings (SSSR count). The number of hydrogen-bond acceptors (Lipinski definition) is 4. The standard InChI is InChI=1S/C11H10ClN5O/c12-9-4-2-1-3-8(9)5-6-11(18)13-7-10-14-16-17-15-10/h1-6H,7H2,(H,13,18)(H,14,15,16,17). The van der Waals surface area contributed by atoms with E-state index in [0.717, 1.165) is 5.56 Å². The summed E-state index contributed by atoms with van der Waals surface area (Å²) >= 11 is 5.95. The number of carbonyl (C=O) groups is 1. The highest BCUT2D eigenvalue weighted by atomic mass is 35.5. The van der Waals surface area contributed by atoms with E-state index < -0.39 is 0 Å². The predicted octanol–water partition coefficient (Wildman–Crippen LogP) is 1.18. The largest absolute Gasteiger partial charge is 0.345 e. The first kappa shape index (κ1) is 12.3. The van der Waals surface area contributed by atoms with Crippen LogP contribution in [0.15, 0.2) is 30.3 Å². The molecule has 0 bridgehead atoms. The third-order valence-corrected chi connectivity index (χ3v) is 2.47. The predicted molar refractivity (Wildman–Crippen MR) is 66.5 cm³/mol. The molecule has 0 aliphatic heterocycles. The molecule has 2 N–H and O–H groups in total. The molecule has 1 amide bonds. The SMILES string of the molecule is O=C(C=Cc1ccccc1Cl)NCc1nn[nH]n1. The van der Waals surface area contributed by atoms with Crippen molar-refractivity contribution in [2.75, 3.05) is 0 Å². The van der Waals surface area contributed by atoms with Crippen LogP contribution >= 0.6 is 11.6 Å². The molecule has 1 aromatic carbocycles. The number of halogens is 1. The Bertz CT molecular complexity index is 552. The maximum atomic E-state index is 11.5. The molecule has 0 spiro atoms. The smallest absolute Gasteiger partial charge is 0.244 e. The number of rotatable bonds is 4. The normalized spacial score (nSPS) is 10.7. The second-order valence-corrected chi connectivity index (χ2v) is 3.81. The van der Waals surface area contributed by atoms with E-state index in [0.29, 0.717) is 10.8 Å². The third-order valence-electron chi connectivity index (χ3n) is 2.13. The van der Waals surface area contributed by atoms with Gasteiger partial charge in [0.25, 0.3) is 0 Å². The van der Waals surface area contributed by atoms with Gasteiger partial charge in [0.15, 0.2) is 5.82 Å². The minimum absolute atomic E-state index is 0.224. The molecule has 0 radical (unpaired) electrons. The van der Waals surface area contributed by atoms with E-state index in [1.807, 2.05) is 18.2 Å². The number of nitrogens with zero attached hydrogens (tertiary/aromatic N) is 3. The summed E-state index contributed by atoms with van der Waals surface area (Å²) in [7, 11) is 0. The number of nitrogens with one attached hydrogen (secondary N) is 2. The van der Waals surface area contributed by atoms with Crippen molar-refractivity contribution in [3.63, 3.8) is 0 Å². The summed E-state index contributed by atoms with van der Waals surface area (Å²) in [5.74, 6) is 0.175. The van der Waals surface area contributed by atoms with E-state index in [4.69, 9.17) is 11.6 Å². The summed E-state index contributed by atoms with van der Waals surface area (Å²) in [4.78, 5) is 11.5. The van der Waals surface area contributed by atoms with Gasteiger partial charge in [-0.25, -0.2) is 0 Å². The topological polar surface area (TPSA) is 83.6 Å². The van der Waals surface area contributed by atoms with Gasteiger partial charge in [-0.05, 0) is 17.7 Å². The Morgan fingerprint density at radius 3 is 3.00 bits per heavy atom. The van der Waals surface area contributed by atoms with Gasteiger partial charge in [-0.3, -0.25) is 4.79 Å². The molecular formula is C11H10ClN5O. The molecule has 1 aromatic heterocycles. The Balaban J connectivity index is 1.89. The minimum atomic E-state index is -0.250. The van der Waals surface area contributed by atoms with Crippen LogP contribution in [0.2, 0.25) is 5.02 Å². The van der Waals surface area contributed by atoms with Crippen LogP contribution in [0.5, 0.6) is 0 Å². The lowest BCUT2D eigenvalue weighted by Gasteiger charge is -1.98. The Kier molecular flexibility index (Phi) is 4.03. The average molecular weight is 264 g/mol. The molecule has 1 heterocycles. The number of benzene rings is 1. The maximum Gasteiger partial charge on any atom is 0.244 e. The average Bonchev–Trinajstić information content (AvgIpc) is 2.88. The van der Waals surface area contributed by atoms with Gasteiger partial charge in [0, 0.05) is 11.1 Å². The molecule has 92 valence electrons. The van der Waals surface area contributed by atoms with Gasteiger partial charge in [-0.15, -0.1) is 10.2 Å². The van der Waals surface area contributed by atoms with Gasteiger partial charge in [0.2, 0.25) is 5.91 Å². The number of aromatic amines is 1. The lowest BCUT2D eigenvalue weighted by atomic mass is 10.2. The fourth-order valence-electron chi connectivity index (χ4n) is 1.26. The molecule has 0 saturated heterocycles. The minimum Gasteiger partial charge on any atom is -0.345 e. The van der Waals surface area contributed by atoms with Gasteiger partial charge in [0.1, 0.15) is 0 Å². The number of carbonyl (C=O) groups excluding carboxylic acids is 1. The highest BCUT2D eigenvalue weighted by molar-refractivity contribution is 6.32. The van der Waals surface area contributed by atoms with E-state index >= 15 is 0 Å². The van der Waals surface area contributed by atoms with Crippen LogP contribution in [0, 0.1) is 0 Å². The van der Waals surface area contributed by atoms with E-state index in [9.17, 15) is 4.79 Å². The van der Waals surface area contributed by atoms with Crippen LogP contribution in [0.3, 0.4) is 0 Å². The van der Waals surface area contributed by atoms with E-state index in [1.54, 1.807) is 12.1 Å². The number of amides is 1. The fraction of sp³-hybridized carbons (Fsp3) is 0.0909. The van der Waals surface area contributed by atoms with E-state index in [1.165, 1.54) is 6.08 Å². The number of aromatic nitrogens is 4. The summed E-state index contributed by atoms with van der Waals surface area (Å²) in [5.41, 5.74) is 0.786. The zero-order chi connectivity index (χ0) is 12.8. The summed E-state index contributed by atoms with van der Waals surface area (Å²) in [5, 5.41) is 16.3. The number of H-pyrrole nitrogens is 1. The first-order valence-electron chi connectivity index (χ1n) is 5.18. The van der Waals surface area contributed by atoms with Crippen molar-refractivity contribution in [1.82, 2.24) is 25.9 Å². The molecule has 0 aliphatic rings. The molecule has 0 unspecified atom stereocenters. The van der Waals surface area contributed by atoms with Crippen molar-refractivity contribution >= 4 is 23.6 Å². The molecule has 2 aromatic rings. The molecule has 0 aliphatic carbocycles. The van der Waals surface area contributed by atoms with E-state index in [2.05, 4.69) is 25.9 Å². The summed E-state index contributed by atoms with van der Waals surface area (Å²) in [6.45, 7) is 0.224. The lowest BCUT2D eigenvalue weighted by Crippen LogP contribution is -2.20.